The Balaban J connectivity index is 2.30. The van der Waals surface area contributed by atoms with Crippen LogP contribution in [0.15, 0.2) is 24.4 Å². The molecular formula is C11H12Cl2N2O. The molecule has 0 saturated carbocycles. The van der Waals surface area contributed by atoms with Crippen LogP contribution in [0.5, 0.6) is 0 Å². The van der Waals surface area contributed by atoms with E-state index in [1.807, 2.05) is 12.1 Å². The van der Waals surface area contributed by atoms with E-state index < -0.39 is 4.87 Å². The zero-order valence-electron chi connectivity index (χ0n) is 8.86. The van der Waals surface area contributed by atoms with Crippen molar-refractivity contribution in [1.82, 2.24) is 4.98 Å². The number of carbonyl (C=O) groups is 1. The zero-order valence-corrected chi connectivity index (χ0v) is 10.4. The molecule has 16 heavy (non-hydrogen) atoms. The molecule has 2 atom stereocenters. The molecule has 0 radical (unpaired) electrons. The number of hydrogen-bond acceptors (Lipinski definition) is 2. The van der Waals surface area contributed by atoms with Gasteiger partial charge in [0.15, 0.2) is 0 Å². The van der Waals surface area contributed by atoms with Gasteiger partial charge in [0.05, 0.1) is 0 Å². The number of amides is 1. The Kier molecular flexibility index (Phi) is 3.08. The van der Waals surface area contributed by atoms with Gasteiger partial charge in [0.25, 0.3) is 0 Å². The first-order valence-electron chi connectivity index (χ1n) is 5.05. The Hall–Kier alpha value is -0.800. The molecule has 0 N–H and O–H groups in total. The van der Waals surface area contributed by atoms with Gasteiger partial charge in [-0.25, -0.2) is 4.98 Å². The van der Waals surface area contributed by atoms with E-state index in [9.17, 15) is 4.79 Å². The summed E-state index contributed by atoms with van der Waals surface area (Å²) in [6, 6.07) is 5.44. The molecule has 2 heterocycles. The molecule has 0 unspecified atom stereocenters. The SMILES string of the molecule is C[C@@]1(Cl)C(=O)N(c2ccccn2)C[C@@H]1CCl. The van der Waals surface area contributed by atoms with E-state index in [4.69, 9.17) is 23.2 Å². The smallest absolute Gasteiger partial charge is 0.249 e. The number of aromatic nitrogens is 1. The van der Waals surface area contributed by atoms with Crippen molar-refractivity contribution < 1.29 is 4.79 Å². The fourth-order valence-corrected chi connectivity index (χ4v) is 2.55. The summed E-state index contributed by atoms with van der Waals surface area (Å²) in [5.74, 6) is 0.825. The van der Waals surface area contributed by atoms with Crippen molar-refractivity contribution in [1.29, 1.82) is 0 Å². The Labute approximate surface area is 104 Å². The first-order valence-corrected chi connectivity index (χ1v) is 5.96. The maximum atomic E-state index is 12.1. The van der Waals surface area contributed by atoms with Crippen LogP contribution in [0.4, 0.5) is 5.82 Å². The van der Waals surface area contributed by atoms with E-state index in [-0.39, 0.29) is 11.8 Å². The highest BCUT2D eigenvalue weighted by Gasteiger charge is 2.49. The van der Waals surface area contributed by atoms with Gasteiger partial charge in [-0.3, -0.25) is 9.69 Å². The summed E-state index contributed by atoms with van der Waals surface area (Å²) in [4.78, 5) is 16.9. The standard InChI is InChI=1S/C11H12Cl2N2O/c1-11(13)8(6-12)7-15(10(11)16)9-4-2-3-5-14-9/h2-5,8H,6-7H2,1H3/t8-,11-/m0/s1. The molecule has 3 nitrogen and oxygen atoms in total. The highest BCUT2D eigenvalue weighted by Crippen LogP contribution is 2.37. The molecule has 1 aromatic rings. The van der Waals surface area contributed by atoms with Gasteiger partial charge in [-0.05, 0) is 19.1 Å². The number of anilines is 1. The Morgan fingerprint density at radius 2 is 2.38 bits per heavy atom. The average Bonchev–Trinajstić information content (AvgIpc) is 2.52. The molecule has 1 aromatic heterocycles. The maximum absolute atomic E-state index is 12.1. The van der Waals surface area contributed by atoms with Crippen molar-refractivity contribution in [2.24, 2.45) is 5.92 Å². The number of hydrogen-bond donors (Lipinski definition) is 0. The van der Waals surface area contributed by atoms with Crippen molar-refractivity contribution in [3.05, 3.63) is 24.4 Å². The average molecular weight is 259 g/mol. The Morgan fingerprint density at radius 3 is 2.88 bits per heavy atom. The predicted octanol–water partition coefficient (Wildman–Crippen LogP) is 2.28. The lowest BCUT2D eigenvalue weighted by atomic mass is 9.99. The van der Waals surface area contributed by atoms with Crippen LogP contribution in [0.3, 0.4) is 0 Å². The van der Waals surface area contributed by atoms with Gasteiger partial charge in [-0.15, -0.1) is 23.2 Å². The summed E-state index contributed by atoms with van der Waals surface area (Å²) in [5, 5.41) is 0. The molecule has 0 aliphatic carbocycles. The van der Waals surface area contributed by atoms with Crippen LogP contribution in [-0.2, 0) is 4.79 Å². The van der Waals surface area contributed by atoms with Crippen LogP contribution >= 0.6 is 23.2 Å². The first-order chi connectivity index (χ1) is 7.57. The van der Waals surface area contributed by atoms with Crippen LogP contribution in [-0.4, -0.2) is 28.2 Å². The molecule has 1 amide bonds. The highest BCUT2D eigenvalue weighted by atomic mass is 35.5. The molecule has 1 fully saturated rings. The van der Waals surface area contributed by atoms with Crippen molar-refractivity contribution in [3.63, 3.8) is 0 Å². The third-order valence-electron chi connectivity index (χ3n) is 2.95. The fraction of sp³-hybridized carbons (Fsp3) is 0.455. The fourth-order valence-electron chi connectivity index (χ4n) is 1.82. The third-order valence-corrected chi connectivity index (χ3v) is 3.79. The largest absolute Gasteiger partial charge is 0.295 e. The summed E-state index contributed by atoms with van der Waals surface area (Å²) >= 11 is 12.1. The van der Waals surface area contributed by atoms with Gasteiger partial charge >= 0.3 is 0 Å². The molecule has 1 saturated heterocycles. The summed E-state index contributed by atoms with van der Waals surface area (Å²) < 4.78 is 0. The van der Waals surface area contributed by atoms with E-state index in [1.165, 1.54) is 0 Å². The summed E-state index contributed by atoms with van der Waals surface area (Å²) in [7, 11) is 0. The van der Waals surface area contributed by atoms with Crippen molar-refractivity contribution in [3.8, 4) is 0 Å². The maximum Gasteiger partial charge on any atom is 0.249 e. The first kappa shape index (κ1) is 11.7. The lowest BCUT2D eigenvalue weighted by Gasteiger charge is -2.18. The van der Waals surface area contributed by atoms with E-state index in [1.54, 1.807) is 24.1 Å². The number of alkyl halides is 2. The van der Waals surface area contributed by atoms with E-state index in [2.05, 4.69) is 4.98 Å². The monoisotopic (exact) mass is 258 g/mol. The van der Waals surface area contributed by atoms with E-state index in [0.29, 0.717) is 18.2 Å². The van der Waals surface area contributed by atoms with Gasteiger partial charge < -0.3 is 0 Å². The molecular weight excluding hydrogens is 247 g/mol. The minimum absolute atomic E-state index is 0.0506. The van der Waals surface area contributed by atoms with Crippen LogP contribution in [0.1, 0.15) is 6.92 Å². The van der Waals surface area contributed by atoms with Crippen molar-refractivity contribution in [2.45, 2.75) is 11.8 Å². The topological polar surface area (TPSA) is 33.2 Å². The van der Waals surface area contributed by atoms with Gasteiger partial charge in [0.2, 0.25) is 5.91 Å². The van der Waals surface area contributed by atoms with Crippen molar-refractivity contribution in [2.75, 3.05) is 17.3 Å². The Bertz CT molecular complexity index is 394. The quantitative estimate of drug-likeness (QED) is 0.763. The second-order valence-corrected chi connectivity index (χ2v) is 5.12. The van der Waals surface area contributed by atoms with E-state index in [0.717, 1.165) is 0 Å². The van der Waals surface area contributed by atoms with E-state index >= 15 is 0 Å². The minimum atomic E-state index is -0.917. The second-order valence-electron chi connectivity index (χ2n) is 4.03. The van der Waals surface area contributed by atoms with Gasteiger partial charge in [-0.1, -0.05) is 6.07 Å². The third kappa shape index (κ3) is 1.78. The van der Waals surface area contributed by atoms with Crippen LogP contribution in [0.2, 0.25) is 0 Å². The molecule has 0 aromatic carbocycles. The molecule has 2 rings (SSSR count). The molecule has 1 aliphatic heterocycles. The summed E-state index contributed by atoms with van der Waals surface area (Å²) in [6.45, 7) is 2.24. The normalized spacial score (nSPS) is 29.8. The zero-order chi connectivity index (χ0) is 11.8. The molecule has 5 heteroatoms. The van der Waals surface area contributed by atoms with Crippen molar-refractivity contribution >= 4 is 34.9 Å². The predicted molar refractivity (Wildman–Crippen MR) is 65.1 cm³/mol. The lowest BCUT2D eigenvalue weighted by molar-refractivity contribution is -0.119. The number of halogens is 2. The lowest BCUT2D eigenvalue weighted by Crippen LogP contribution is -2.36. The molecule has 0 bridgehead atoms. The van der Waals surface area contributed by atoms with Crippen LogP contribution in [0, 0.1) is 5.92 Å². The molecule has 0 spiro atoms. The van der Waals surface area contributed by atoms with Gasteiger partial charge in [-0.2, -0.15) is 0 Å². The number of carbonyl (C=O) groups excluding carboxylic acids is 1. The summed E-state index contributed by atoms with van der Waals surface area (Å²) in [5.41, 5.74) is 0. The molecule has 1 aliphatic rings. The highest BCUT2D eigenvalue weighted by molar-refractivity contribution is 6.38. The summed E-state index contributed by atoms with van der Waals surface area (Å²) in [6.07, 6.45) is 1.65. The van der Waals surface area contributed by atoms with Crippen LogP contribution < -0.4 is 4.90 Å². The van der Waals surface area contributed by atoms with Crippen LogP contribution in [0.25, 0.3) is 0 Å². The number of nitrogens with zero attached hydrogens (tertiary/aromatic N) is 2. The number of rotatable bonds is 2. The minimum Gasteiger partial charge on any atom is -0.295 e. The van der Waals surface area contributed by atoms with Gasteiger partial charge in [0.1, 0.15) is 10.7 Å². The Morgan fingerprint density at radius 1 is 1.62 bits per heavy atom. The molecule has 86 valence electrons. The van der Waals surface area contributed by atoms with Gasteiger partial charge in [0, 0.05) is 24.5 Å². The second kappa shape index (κ2) is 4.22. The number of pyridine rings is 1.